The predicted molar refractivity (Wildman–Crippen MR) is 57.2 cm³/mol. The van der Waals surface area contributed by atoms with E-state index in [0.717, 1.165) is 45.8 Å². The van der Waals surface area contributed by atoms with Gasteiger partial charge >= 0.3 is 0 Å². The highest BCUT2D eigenvalue weighted by Crippen LogP contribution is 1.84. The molecule has 0 aliphatic carbocycles. The van der Waals surface area contributed by atoms with Crippen LogP contribution in [0.4, 0.5) is 0 Å². The van der Waals surface area contributed by atoms with E-state index in [1.165, 1.54) is 0 Å². The van der Waals surface area contributed by atoms with Crippen LogP contribution in [0.1, 0.15) is 20.3 Å². The Morgan fingerprint density at radius 3 is 2.38 bits per heavy atom. The molecule has 0 unspecified atom stereocenters. The molecular formula is C10H24N2O. The van der Waals surface area contributed by atoms with Crippen molar-refractivity contribution in [3.05, 3.63) is 0 Å². The summed E-state index contributed by atoms with van der Waals surface area (Å²) in [6, 6.07) is 0. The summed E-state index contributed by atoms with van der Waals surface area (Å²) in [6.45, 7) is 10.9. The molecule has 0 saturated heterocycles. The van der Waals surface area contributed by atoms with Gasteiger partial charge in [0, 0.05) is 26.8 Å². The van der Waals surface area contributed by atoms with Crippen molar-refractivity contribution in [2.24, 2.45) is 0 Å². The molecule has 0 aromatic carbocycles. The Morgan fingerprint density at radius 2 is 1.85 bits per heavy atom. The molecule has 0 bridgehead atoms. The molecule has 0 atom stereocenters. The van der Waals surface area contributed by atoms with Crippen LogP contribution >= 0.6 is 0 Å². The summed E-state index contributed by atoms with van der Waals surface area (Å²) in [4.78, 5) is 2.42. The Kier molecular flexibility index (Phi) is 9.87. The van der Waals surface area contributed by atoms with Crippen molar-refractivity contribution in [1.29, 1.82) is 0 Å². The zero-order chi connectivity index (χ0) is 9.94. The Hall–Kier alpha value is -0.120. The summed E-state index contributed by atoms with van der Waals surface area (Å²) in [5, 5.41) is 3.40. The van der Waals surface area contributed by atoms with Gasteiger partial charge in [-0.25, -0.2) is 0 Å². The lowest BCUT2D eigenvalue weighted by atomic mass is 10.4. The zero-order valence-electron chi connectivity index (χ0n) is 9.31. The number of rotatable bonds is 9. The highest BCUT2D eigenvalue weighted by Gasteiger charge is 1.96. The Labute approximate surface area is 82.4 Å². The number of nitrogens with zero attached hydrogens (tertiary/aromatic N) is 1. The number of hydrogen-bond donors (Lipinski definition) is 1. The first kappa shape index (κ1) is 12.9. The van der Waals surface area contributed by atoms with Crippen molar-refractivity contribution in [1.82, 2.24) is 10.2 Å². The van der Waals surface area contributed by atoms with E-state index in [9.17, 15) is 0 Å². The number of hydrogen-bond acceptors (Lipinski definition) is 3. The zero-order valence-corrected chi connectivity index (χ0v) is 9.31. The minimum Gasteiger partial charge on any atom is -0.385 e. The maximum atomic E-state index is 4.96. The van der Waals surface area contributed by atoms with Crippen LogP contribution in [-0.2, 0) is 4.74 Å². The van der Waals surface area contributed by atoms with E-state index in [1.54, 1.807) is 7.11 Å². The highest BCUT2D eigenvalue weighted by molar-refractivity contribution is 4.55. The van der Waals surface area contributed by atoms with E-state index in [4.69, 9.17) is 4.74 Å². The van der Waals surface area contributed by atoms with Gasteiger partial charge in [-0.2, -0.15) is 0 Å². The van der Waals surface area contributed by atoms with E-state index >= 15 is 0 Å². The van der Waals surface area contributed by atoms with Crippen LogP contribution in [0.15, 0.2) is 0 Å². The lowest BCUT2D eigenvalue weighted by Gasteiger charge is -2.17. The predicted octanol–water partition coefficient (Wildman–Crippen LogP) is 0.954. The van der Waals surface area contributed by atoms with Gasteiger partial charge in [0.1, 0.15) is 0 Å². The fraction of sp³-hybridized carbons (Fsp3) is 1.00. The molecule has 0 aliphatic heterocycles. The Balaban J connectivity index is 3.05. The van der Waals surface area contributed by atoms with E-state index in [1.807, 2.05) is 0 Å². The molecule has 1 N–H and O–H groups in total. The Bertz CT molecular complexity index is 94.9. The minimum absolute atomic E-state index is 0.859. The first-order valence-corrected chi connectivity index (χ1v) is 5.27. The second-order valence-electron chi connectivity index (χ2n) is 3.12. The molecule has 0 heterocycles. The van der Waals surface area contributed by atoms with Gasteiger partial charge in [-0.3, -0.25) is 0 Å². The first-order chi connectivity index (χ1) is 6.35. The second kappa shape index (κ2) is 9.96. The van der Waals surface area contributed by atoms with Gasteiger partial charge in [0.05, 0.1) is 0 Å². The molecule has 0 amide bonds. The number of methoxy groups -OCH3 is 1. The fourth-order valence-electron chi connectivity index (χ4n) is 1.24. The smallest absolute Gasteiger partial charge is 0.0474 e. The van der Waals surface area contributed by atoms with Crippen molar-refractivity contribution in [2.75, 3.05) is 46.4 Å². The van der Waals surface area contributed by atoms with Gasteiger partial charge in [0.15, 0.2) is 0 Å². The van der Waals surface area contributed by atoms with Gasteiger partial charge in [-0.1, -0.05) is 13.8 Å². The number of likely N-dealkylation sites (N-methyl/N-ethyl adjacent to an activating group) is 1. The van der Waals surface area contributed by atoms with Gasteiger partial charge in [0.2, 0.25) is 0 Å². The highest BCUT2D eigenvalue weighted by atomic mass is 16.5. The molecule has 80 valence electrons. The largest absolute Gasteiger partial charge is 0.385 e. The monoisotopic (exact) mass is 188 g/mol. The number of ether oxygens (including phenoxy) is 1. The van der Waals surface area contributed by atoms with Crippen LogP contribution < -0.4 is 5.32 Å². The van der Waals surface area contributed by atoms with Crippen molar-refractivity contribution in [3.63, 3.8) is 0 Å². The fourth-order valence-corrected chi connectivity index (χ4v) is 1.24. The van der Waals surface area contributed by atoms with Crippen LogP contribution in [0.3, 0.4) is 0 Å². The van der Waals surface area contributed by atoms with Gasteiger partial charge in [-0.15, -0.1) is 0 Å². The summed E-state index contributed by atoms with van der Waals surface area (Å²) in [5.74, 6) is 0. The molecular weight excluding hydrogens is 164 g/mol. The third kappa shape index (κ3) is 8.22. The summed E-state index contributed by atoms with van der Waals surface area (Å²) in [7, 11) is 1.75. The molecule has 0 aliphatic rings. The maximum Gasteiger partial charge on any atom is 0.0474 e. The topological polar surface area (TPSA) is 24.5 Å². The standard InChI is InChI=1S/C10H24N2O/c1-4-12(5-2)9-8-11-7-6-10-13-3/h11H,4-10H2,1-3H3. The molecule has 0 fully saturated rings. The lowest BCUT2D eigenvalue weighted by Crippen LogP contribution is -2.32. The third-order valence-corrected chi connectivity index (χ3v) is 2.20. The van der Waals surface area contributed by atoms with Crippen LogP contribution in [-0.4, -0.2) is 51.3 Å². The molecule has 0 saturated carbocycles. The molecule has 0 aromatic rings. The van der Waals surface area contributed by atoms with E-state index < -0.39 is 0 Å². The van der Waals surface area contributed by atoms with Crippen LogP contribution in [0.2, 0.25) is 0 Å². The SMILES string of the molecule is CCN(CC)CCNCCCOC. The quantitative estimate of drug-likeness (QED) is 0.545. The van der Waals surface area contributed by atoms with Crippen LogP contribution in [0.5, 0.6) is 0 Å². The first-order valence-electron chi connectivity index (χ1n) is 5.27. The summed E-state index contributed by atoms with van der Waals surface area (Å²) < 4.78 is 4.96. The summed E-state index contributed by atoms with van der Waals surface area (Å²) in [6.07, 6.45) is 1.11. The summed E-state index contributed by atoms with van der Waals surface area (Å²) in [5.41, 5.74) is 0. The van der Waals surface area contributed by atoms with Gasteiger partial charge < -0.3 is 15.0 Å². The molecule has 13 heavy (non-hydrogen) atoms. The lowest BCUT2D eigenvalue weighted by molar-refractivity contribution is 0.193. The van der Waals surface area contributed by atoms with Crippen LogP contribution in [0.25, 0.3) is 0 Å². The molecule has 0 rings (SSSR count). The average molecular weight is 188 g/mol. The van der Waals surface area contributed by atoms with E-state index in [0.29, 0.717) is 0 Å². The van der Waals surface area contributed by atoms with Crippen molar-refractivity contribution < 1.29 is 4.74 Å². The van der Waals surface area contributed by atoms with Crippen molar-refractivity contribution in [2.45, 2.75) is 20.3 Å². The second-order valence-corrected chi connectivity index (χ2v) is 3.12. The van der Waals surface area contributed by atoms with Crippen molar-refractivity contribution in [3.8, 4) is 0 Å². The number of nitrogens with one attached hydrogen (secondary N) is 1. The minimum atomic E-state index is 0.859. The van der Waals surface area contributed by atoms with E-state index in [-0.39, 0.29) is 0 Å². The van der Waals surface area contributed by atoms with E-state index in [2.05, 4.69) is 24.1 Å². The third-order valence-electron chi connectivity index (χ3n) is 2.20. The molecule has 0 radical (unpaired) electrons. The van der Waals surface area contributed by atoms with Crippen LogP contribution in [0, 0.1) is 0 Å². The Morgan fingerprint density at radius 1 is 1.15 bits per heavy atom. The van der Waals surface area contributed by atoms with Crippen molar-refractivity contribution >= 4 is 0 Å². The maximum absolute atomic E-state index is 4.96. The normalized spacial score (nSPS) is 11.1. The average Bonchev–Trinajstić information content (AvgIpc) is 2.17. The van der Waals surface area contributed by atoms with Gasteiger partial charge in [0.25, 0.3) is 0 Å². The van der Waals surface area contributed by atoms with Gasteiger partial charge in [-0.05, 0) is 26.1 Å². The molecule has 3 nitrogen and oxygen atoms in total. The molecule has 0 aromatic heterocycles. The molecule has 3 heteroatoms. The molecule has 0 spiro atoms. The summed E-state index contributed by atoms with van der Waals surface area (Å²) >= 11 is 0.